The Hall–Kier alpha value is -1.98. The molecule has 0 aliphatic carbocycles. The van der Waals surface area contributed by atoms with Gasteiger partial charge in [-0.25, -0.2) is 0 Å². The van der Waals surface area contributed by atoms with Crippen molar-refractivity contribution in [3.8, 4) is 0 Å². The molecule has 94 valence electrons. The Morgan fingerprint density at radius 1 is 1.29 bits per heavy atom. The minimum Gasteiger partial charge on any atom is -0.481 e. The molecule has 1 heterocycles. The van der Waals surface area contributed by atoms with Gasteiger partial charge in [0.15, 0.2) is 5.78 Å². The summed E-state index contributed by atoms with van der Waals surface area (Å²) in [6, 6.07) is 0. The van der Waals surface area contributed by atoms with Crippen molar-refractivity contribution in [2.75, 3.05) is 0 Å². The van der Waals surface area contributed by atoms with Gasteiger partial charge in [-0.15, -0.1) is 0 Å². The van der Waals surface area contributed by atoms with Crippen LogP contribution in [0.3, 0.4) is 0 Å². The molecule has 6 heteroatoms. The number of allylic oxidation sites excluding steroid dienone is 2. The van der Waals surface area contributed by atoms with E-state index in [1.54, 1.807) is 6.92 Å². The third-order valence-corrected chi connectivity index (χ3v) is 1.91. The first-order valence-corrected chi connectivity index (χ1v) is 4.95. The van der Waals surface area contributed by atoms with E-state index >= 15 is 0 Å². The molecule has 0 aromatic carbocycles. The lowest BCUT2D eigenvalue weighted by molar-refractivity contribution is -0.147. The highest BCUT2D eigenvalue weighted by Gasteiger charge is 2.17. The van der Waals surface area contributed by atoms with Crippen molar-refractivity contribution in [1.82, 2.24) is 0 Å². The molecule has 1 unspecified atom stereocenters. The quantitative estimate of drug-likeness (QED) is 0.705. The van der Waals surface area contributed by atoms with Crippen molar-refractivity contribution in [2.45, 2.75) is 27.2 Å². The van der Waals surface area contributed by atoms with E-state index in [9.17, 15) is 14.4 Å². The Morgan fingerprint density at radius 2 is 1.76 bits per heavy atom. The highest BCUT2D eigenvalue weighted by Crippen LogP contribution is 2.12. The molecule has 1 aliphatic rings. The highest BCUT2D eigenvalue weighted by atomic mass is 16.4. The summed E-state index contributed by atoms with van der Waals surface area (Å²) < 4.78 is 0. The Labute approximate surface area is 98.7 Å². The normalized spacial score (nSPS) is 18.5. The zero-order chi connectivity index (χ0) is 13.6. The monoisotopic (exact) mass is 241 g/mol. The number of ketones is 1. The highest BCUT2D eigenvalue weighted by molar-refractivity contribution is 6.40. The molecule has 0 aromatic rings. The summed E-state index contributed by atoms with van der Waals surface area (Å²) in [5.41, 5.74) is 1.58. The van der Waals surface area contributed by atoms with E-state index in [4.69, 9.17) is 10.2 Å². The average molecular weight is 241 g/mol. The predicted molar refractivity (Wildman–Crippen MR) is 60.9 cm³/mol. The maximum Gasteiger partial charge on any atom is 0.314 e. The topological polar surface area (TPSA) is 104 Å². The fourth-order valence-electron chi connectivity index (χ4n) is 1.25. The van der Waals surface area contributed by atoms with E-state index in [0.717, 1.165) is 5.70 Å². The molecular weight excluding hydrogens is 226 g/mol. The first-order valence-electron chi connectivity index (χ1n) is 4.95. The number of nitrogens with zero attached hydrogens (tertiary/aromatic N) is 1. The van der Waals surface area contributed by atoms with Crippen LogP contribution in [0.1, 0.15) is 27.2 Å². The molecule has 1 rings (SSSR count). The number of hydrogen-bond acceptors (Lipinski definition) is 4. The van der Waals surface area contributed by atoms with E-state index in [2.05, 4.69) is 4.99 Å². The molecule has 1 atom stereocenters. The van der Waals surface area contributed by atoms with Crippen LogP contribution >= 0.6 is 0 Å². The molecule has 0 aromatic heterocycles. The smallest absolute Gasteiger partial charge is 0.314 e. The first kappa shape index (κ1) is 15.0. The molecule has 0 spiro atoms. The second-order valence-corrected chi connectivity index (χ2v) is 3.62. The van der Waals surface area contributed by atoms with Gasteiger partial charge in [0.05, 0.1) is 5.71 Å². The average Bonchev–Trinajstić information content (AvgIpc) is 2.12. The molecule has 2 N–H and O–H groups in total. The number of carboxylic acid groups (broad SMARTS) is 2. The summed E-state index contributed by atoms with van der Waals surface area (Å²) in [7, 11) is 0. The van der Waals surface area contributed by atoms with Crippen LogP contribution in [-0.2, 0) is 14.4 Å². The van der Waals surface area contributed by atoms with Crippen LogP contribution in [0.25, 0.3) is 0 Å². The second kappa shape index (κ2) is 6.57. The number of rotatable bonds is 2. The van der Waals surface area contributed by atoms with Crippen LogP contribution in [0.15, 0.2) is 16.8 Å². The van der Waals surface area contributed by atoms with Gasteiger partial charge in [-0.1, -0.05) is 13.0 Å². The van der Waals surface area contributed by atoms with Gasteiger partial charge in [0.1, 0.15) is 6.42 Å². The summed E-state index contributed by atoms with van der Waals surface area (Å²) in [6.07, 6.45) is 1.08. The van der Waals surface area contributed by atoms with Crippen LogP contribution in [0, 0.1) is 5.92 Å². The van der Waals surface area contributed by atoms with Gasteiger partial charge in [-0.3, -0.25) is 19.4 Å². The maximum absolute atomic E-state index is 11.1. The lowest BCUT2D eigenvalue weighted by Crippen LogP contribution is -2.20. The summed E-state index contributed by atoms with van der Waals surface area (Å²) in [4.78, 5) is 34.0. The Kier molecular flexibility index (Phi) is 5.80. The Balaban J connectivity index is 0.000000325. The third kappa shape index (κ3) is 6.24. The molecule has 6 nitrogen and oxygen atoms in total. The van der Waals surface area contributed by atoms with E-state index in [1.165, 1.54) is 0 Å². The SMILES string of the molecule is CC1=CC(C)C(=O)C(C)=N1.O=C(O)CC(=O)O. The minimum atomic E-state index is -1.31. The Bertz CT molecular complexity index is 383. The summed E-state index contributed by atoms with van der Waals surface area (Å²) in [5.74, 6) is -2.46. The number of hydrogen-bond donors (Lipinski definition) is 2. The molecular formula is C11H15NO5. The van der Waals surface area contributed by atoms with Gasteiger partial charge >= 0.3 is 11.9 Å². The molecule has 0 bridgehead atoms. The van der Waals surface area contributed by atoms with Crippen LogP contribution in [0.2, 0.25) is 0 Å². The van der Waals surface area contributed by atoms with Crippen molar-refractivity contribution in [3.05, 3.63) is 11.8 Å². The fraction of sp³-hybridized carbons (Fsp3) is 0.455. The third-order valence-electron chi connectivity index (χ3n) is 1.91. The largest absolute Gasteiger partial charge is 0.481 e. The number of aliphatic imine (C=N–C) groups is 1. The second-order valence-electron chi connectivity index (χ2n) is 3.62. The maximum atomic E-state index is 11.1. The van der Waals surface area contributed by atoms with Gasteiger partial charge in [-0.05, 0) is 13.8 Å². The van der Waals surface area contributed by atoms with E-state index in [-0.39, 0.29) is 11.7 Å². The summed E-state index contributed by atoms with van der Waals surface area (Å²) in [5, 5.41) is 15.4. The Morgan fingerprint density at radius 3 is 2.06 bits per heavy atom. The standard InChI is InChI=1S/C8H11NO.C3H4O4/c1-5-4-6(2)9-7(3)8(5)10;4-2(5)1-3(6)7/h4-5H,1-3H3;1H2,(H,4,5)(H,6,7). The van der Waals surface area contributed by atoms with Crippen molar-refractivity contribution in [1.29, 1.82) is 0 Å². The number of Topliss-reactive ketones (excluding diaryl/α,β-unsaturated/α-hetero) is 1. The zero-order valence-corrected chi connectivity index (χ0v) is 9.93. The molecule has 0 saturated heterocycles. The fourth-order valence-corrected chi connectivity index (χ4v) is 1.25. The van der Waals surface area contributed by atoms with E-state index < -0.39 is 18.4 Å². The predicted octanol–water partition coefficient (Wildman–Crippen LogP) is 1.12. The van der Waals surface area contributed by atoms with Gasteiger partial charge in [0, 0.05) is 11.6 Å². The van der Waals surface area contributed by atoms with Crippen molar-refractivity contribution < 1.29 is 24.6 Å². The van der Waals surface area contributed by atoms with Crippen LogP contribution < -0.4 is 0 Å². The van der Waals surface area contributed by atoms with Gasteiger partial charge < -0.3 is 10.2 Å². The lowest BCUT2D eigenvalue weighted by atomic mass is 9.99. The number of aliphatic carboxylic acids is 2. The van der Waals surface area contributed by atoms with Crippen molar-refractivity contribution in [2.24, 2.45) is 10.9 Å². The number of carbonyl (C=O) groups excluding carboxylic acids is 1. The van der Waals surface area contributed by atoms with E-state index in [1.807, 2.05) is 19.9 Å². The van der Waals surface area contributed by atoms with Crippen molar-refractivity contribution >= 4 is 23.4 Å². The number of carbonyl (C=O) groups is 3. The lowest BCUT2D eigenvalue weighted by Gasteiger charge is -2.10. The van der Waals surface area contributed by atoms with E-state index in [0.29, 0.717) is 5.71 Å². The minimum absolute atomic E-state index is 0.0255. The summed E-state index contributed by atoms with van der Waals surface area (Å²) in [6.45, 7) is 5.56. The van der Waals surface area contributed by atoms with Crippen LogP contribution in [0.5, 0.6) is 0 Å². The van der Waals surface area contributed by atoms with Crippen LogP contribution in [-0.4, -0.2) is 33.6 Å². The number of carboxylic acids is 2. The molecule has 1 aliphatic heterocycles. The van der Waals surface area contributed by atoms with Crippen molar-refractivity contribution in [3.63, 3.8) is 0 Å². The molecule has 0 fully saturated rings. The molecule has 17 heavy (non-hydrogen) atoms. The zero-order valence-electron chi connectivity index (χ0n) is 9.93. The van der Waals surface area contributed by atoms with Crippen LogP contribution in [0.4, 0.5) is 0 Å². The van der Waals surface area contributed by atoms with Gasteiger partial charge in [-0.2, -0.15) is 0 Å². The molecule has 0 amide bonds. The van der Waals surface area contributed by atoms with Gasteiger partial charge in [0.25, 0.3) is 0 Å². The molecule has 0 saturated carbocycles. The summed E-state index contributed by atoms with van der Waals surface area (Å²) >= 11 is 0. The van der Waals surface area contributed by atoms with Gasteiger partial charge in [0.2, 0.25) is 0 Å². The molecule has 0 radical (unpaired) electrons. The first-order chi connectivity index (χ1) is 7.73.